The van der Waals surface area contributed by atoms with Gasteiger partial charge in [0.05, 0.1) is 11.9 Å². The maximum atomic E-state index is 12.4. The number of aryl methyl sites for hydroxylation is 1. The average molecular weight is 352 g/mol. The number of carbonyl (C=O) groups excluding carboxylic acids is 1. The van der Waals surface area contributed by atoms with E-state index in [9.17, 15) is 9.59 Å². The molecule has 0 radical (unpaired) electrons. The van der Waals surface area contributed by atoms with E-state index >= 15 is 0 Å². The lowest BCUT2D eigenvalue weighted by Gasteiger charge is -2.17. The number of benzene rings is 2. The molecule has 0 aliphatic carbocycles. The van der Waals surface area contributed by atoms with Crippen molar-refractivity contribution in [3.63, 3.8) is 0 Å². The number of amides is 1. The van der Waals surface area contributed by atoms with E-state index in [1.54, 1.807) is 31.3 Å². The third-order valence-electron chi connectivity index (χ3n) is 4.06. The van der Waals surface area contributed by atoms with Gasteiger partial charge in [0.1, 0.15) is 24.4 Å². The smallest absolute Gasteiger partial charge is 0.278 e. The first-order chi connectivity index (χ1) is 12.5. The molecule has 0 unspecified atom stereocenters. The fraction of sp³-hybridized carbons (Fsp3) is 0.263. The molecule has 0 saturated carbocycles. The Hall–Kier alpha value is -3.22. The molecule has 0 aliphatic heterocycles. The molecule has 1 amide bonds. The quantitative estimate of drug-likeness (QED) is 0.674. The molecule has 3 aromatic rings. The number of nitrogens with zero attached hydrogens (tertiary/aromatic N) is 4. The van der Waals surface area contributed by atoms with Crippen LogP contribution in [0.3, 0.4) is 0 Å². The maximum absolute atomic E-state index is 12.4. The Morgan fingerprint density at radius 3 is 2.65 bits per heavy atom. The molecule has 134 valence electrons. The zero-order valence-corrected chi connectivity index (χ0v) is 14.8. The van der Waals surface area contributed by atoms with Crippen LogP contribution in [0.15, 0.2) is 53.3 Å². The first-order valence-corrected chi connectivity index (χ1v) is 8.30. The summed E-state index contributed by atoms with van der Waals surface area (Å²) in [6.45, 7) is 2.62. The Balaban J connectivity index is 1.58. The third kappa shape index (κ3) is 4.05. The molecule has 26 heavy (non-hydrogen) atoms. The Morgan fingerprint density at radius 1 is 1.15 bits per heavy atom. The van der Waals surface area contributed by atoms with Gasteiger partial charge in [-0.15, -0.1) is 5.10 Å². The molecule has 0 bridgehead atoms. The zero-order valence-electron chi connectivity index (χ0n) is 14.8. The fourth-order valence-corrected chi connectivity index (χ4v) is 2.44. The lowest BCUT2D eigenvalue weighted by molar-refractivity contribution is -0.131. The molecule has 0 aliphatic rings. The van der Waals surface area contributed by atoms with Gasteiger partial charge in [0.15, 0.2) is 0 Å². The molecule has 7 nitrogen and oxygen atoms in total. The van der Waals surface area contributed by atoms with Crippen molar-refractivity contribution in [1.82, 2.24) is 19.9 Å². The maximum Gasteiger partial charge on any atom is 0.278 e. The second-order valence-electron chi connectivity index (χ2n) is 6.05. The molecule has 1 aromatic heterocycles. The van der Waals surface area contributed by atoms with Crippen molar-refractivity contribution >= 4 is 16.8 Å². The van der Waals surface area contributed by atoms with Crippen molar-refractivity contribution < 1.29 is 9.53 Å². The Bertz CT molecular complexity index is 966. The minimum absolute atomic E-state index is 0.155. The molecule has 0 fully saturated rings. The second kappa shape index (κ2) is 7.77. The van der Waals surface area contributed by atoms with E-state index in [1.807, 2.05) is 31.2 Å². The van der Waals surface area contributed by atoms with Gasteiger partial charge in [-0.05, 0) is 31.2 Å². The topological polar surface area (TPSA) is 77.3 Å². The zero-order chi connectivity index (χ0) is 18.5. The summed E-state index contributed by atoms with van der Waals surface area (Å²) in [5.74, 6) is 0.525. The van der Waals surface area contributed by atoms with Gasteiger partial charge >= 0.3 is 0 Å². The van der Waals surface area contributed by atoms with Crippen molar-refractivity contribution in [3.05, 3.63) is 64.4 Å². The van der Waals surface area contributed by atoms with E-state index in [-0.39, 0.29) is 18.0 Å². The molecule has 3 rings (SSSR count). The summed E-state index contributed by atoms with van der Waals surface area (Å²) < 4.78 is 6.71. The van der Waals surface area contributed by atoms with Crippen molar-refractivity contribution in [2.75, 3.05) is 20.2 Å². The number of rotatable bonds is 6. The van der Waals surface area contributed by atoms with E-state index < -0.39 is 0 Å². The largest absolute Gasteiger partial charge is 0.492 e. The van der Waals surface area contributed by atoms with Crippen LogP contribution in [0.5, 0.6) is 5.75 Å². The van der Waals surface area contributed by atoms with Gasteiger partial charge < -0.3 is 9.64 Å². The number of carbonyl (C=O) groups is 1. The summed E-state index contributed by atoms with van der Waals surface area (Å²) >= 11 is 0. The van der Waals surface area contributed by atoms with Gasteiger partial charge in [-0.2, -0.15) is 0 Å². The minimum atomic E-state index is -0.326. The van der Waals surface area contributed by atoms with Crippen LogP contribution in [0.2, 0.25) is 0 Å². The summed E-state index contributed by atoms with van der Waals surface area (Å²) in [5, 5.41) is 8.27. The van der Waals surface area contributed by atoms with Crippen LogP contribution in [0, 0.1) is 6.92 Å². The predicted octanol–water partition coefficient (Wildman–Crippen LogP) is 1.64. The average Bonchev–Trinajstić information content (AvgIpc) is 2.65. The molecular weight excluding hydrogens is 332 g/mol. The summed E-state index contributed by atoms with van der Waals surface area (Å²) in [5.41, 5.74) is 1.35. The summed E-state index contributed by atoms with van der Waals surface area (Å²) in [6, 6.07) is 14.6. The van der Waals surface area contributed by atoms with Gasteiger partial charge in [0.2, 0.25) is 5.91 Å². The van der Waals surface area contributed by atoms with Crippen LogP contribution in [0.4, 0.5) is 0 Å². The van der Waals surface area contributed by atoms with Crippen molar-refractivity contribution in [3.8, 4) is 5.75 Å². The SMILES string of the molecule is Cc1ccc(OCCN(C)C(=O)Cn2nnc3ccccc3c2=O)cc1. The Morgan fingerprint density at radius 2 is 1.88 bits per heavy atom. The predicted molar refractivity (Wildman–Crippen MR) is 98.1 cm³/mol. The standard InChI is InChI=1S/C19H20N4O3/c1-14-7-9-15(10-8-14)26-12-11-22(2)18(24)13-23-19(25)16-5-3-4-6-17(16)20-21-23/h3-10H,11-13H2,1-2H3. The van der Waals surface area contributed by atoms with E-state index in [0.29, 0.717) is 24.1 Å². The van der Waals surface area contributed by atoms with E-state index in [2.05, 4.69) is 10.3 Å². The first-order valence-electron chi connectivity index (χ1n) is 8.30. The van der Waals surface area contributed by atoms with Crippen LogP contribution in [-0.4, -0.2) is 46.0 Å². The highest BCUT2D eigenvalue weighted by Gasteiger charge is 2.13. The second-order valence-corrected chi connectivity index (χ2v) is 6.05. The highest BCUT2D eigenvalue weighted by molar-refractivity contribution is 5.78. The number of aromatic nitrogens is 3. The number of hydrogen-bond acceptors (Lipinski definition) is 5. The lowest BCUT2D eigenvalue weighted by atomic mass is 10.2. The molecule has 0 N–H and O–H groups in total. The van der Waals surface area contributed by atoms with Crippen LogP contribution >= 0.6 is 0 Å². The van der Waals surface area contributed by atoms with Crippen LogP contribution < -0.4 is 10.3 Å². The third-order valence-corrected chi connectivity index (χ3v) is 4.06. The summed E-state index contributed by atoms with van der Waals surface area (Å²) in [4.78, 5) is 26.2. The molecule has 0 atom stereocenters. The molecule has 2 aromatic carbocycles. The first kappa shape index (κ1) is 17.6. The van der Waals surface area contributed by atoms with Gasteiger partial charge in [0, 0.05) is 7.05 Å². The Labute approximate surface area is 150 Å². The number of fused-ring (bicyclic) bond motifs is 1. The number of likely N-dealkylation sites (N-methyl/N-ethyl adjacent to an activating group) is 1. The van der Waals surface area contributed by atoms with Crippen molar-refractivity contribution in [1.29, 1.82) is 0 Å². The fourth-order valence-electron chi connectivity index (χ4n) is 2.44. The lowest BCUT2D eigenvalue weighted by Crippen LogP contribution is -2.37. The number of hydrogen-bond donors (Lipinski definition) is 0. The summed E-state index contributed by atoms with van der Waals surface area (Å²) in [7, 11) is 1.67. The van der Waals surface area contributed by atoms with E-state index in [1.165, 1.54) is 4.90 Å². The van der Waals surface area contributed by atoms with Gasteiger partial charge in [-0.25, -0.2) is 4.68 Å². The van der Waals surface area contributed by atoms with Crippen LogP contribution in [0.25, 0.3) is 10.9 Å². The summed E-state index contributed by atoms with van der Waals surface area (Å²) in [6.07, 6.45) is 0. The van der Waals surface area contributed by atoms with Crippen LogP contribution in [-0.2, 0) is 11.3 Å². The van der Waals surface area contributed by atoms with Gasteiger partial charge in [0.25, 0.3) is 5.56 Å². The van der Waals surface area contributed by atoms with Gasteiger partial charge in [-0.3, -0.25) is 9.59 Å². The molecular formula is C19H20N4O3. The van der Waals surface area contributed by atoms with Crippen molar-refractivity contribution in [2.45, 2.75) is 13.5 Å². The van der Waals surface area contributed by atoms with Crippen LogP contribution in [0.1, 0.15) is 5.56 Å². The van der Waals surface area contributed by atoms with E-state index in [0.717, 1.165) is 16.0 Å². The molecule has 1 heterocycles. The highest BCUT2D eigenvalue weighted by Crippen LogP contribution is 2.11. The van der Waals surface area contributed by atoms with E-state index in [4.69, 9.17) is 4.74 Å². The molecule has 0 spiro atoms. The Kier molecular flexibility index (Phi) is 5.26. The van der Waals surface area contributed by atoms with Crippen molar-refractivity contribution in [2.24, 2.45) is 0 Å². The molecule has 7 heteroatoms. The highest BCUT2D eigenvalue weighted by atomic mass is 16.5. The monoisotopic (exact) mass is 352 g/mol. The minimum Gasteiger partial charge on any atom is -0.492 e. The van der Waals surface area contributed by atoms with Gasteiger partial charge in [-0.1, -0.05) is 35.0 Å². The molecule has 0 saturated heterocycles. The number of ether oxygens (including phenoxy) is 1. The normalized spacial score (nSPS) is 10.7.